The van der Waals surface area contributed by atoms with Crippen LogP contribution in [0.1, 0.15) is 25.3 Å². The molecule has 1 aliphatic rings. The molecule has 0 amide bonds. The molecule has 1 saturated carbocycles. The number of benzene rings is 1. The summed E-state index contributed by atoms with van der Waals surface area (Å²) in [6.07, 6.45) is 3.16. The molecule has 19 heavy (non-hydrogen) atoms. The lowest BCUT2D eigenvalue weighted by molar-refractivity contribution is -0.144. The second kappa shape index (κ2) is 6.57. The molecule has 0 aromatic heterocycles. The summed E-state index contributed by atoms with van der Waals surface area (Å²) in [4.78, 5) is 11.7. The number of ether oxygens (including phenoxy) is 2. The zero-order chi connectivity index (χ0) is 13.7. The van der Waals surface area contributed by atoms with Crippen LogP contribution in [0.3, 0.4) is 0 Å². The van der Waals surface area contributed by atoms with Crippen LogP contribution in [0.25, 0.3) is 0 Å². The number of rotatable bonds is 7. The number of para-hydroxylation sites is 1. The Balaban J connectivity index is 1.95. The van der Waals surface area contributed by atoms with E-state index in [1.54, 1.807) is 0 Å². The summed E-state index contributed by atoms with van der Waals surface area (Å²) in [6, 6.07) is 7.96. The van der Waals surface area contributed by atoms with Crippen molar-refractivity contribution in [3.8, 4) is 5.75 Å². The first-order chi connectivity index (χ1) is 9.24. The Kier molecular flexibility index (Phi) is 4.80. The summed E-state index contributed by atoms with van der Waals surface area (Å²) >= 11 is 0. The molecule has 4 heteroatoms. The zero-order valence-corrected chi connectivity index (χ0v) is 11.5. The van der Waals surface area contributed by atoms with Gasteiger partial charge in [-0.2, -0.15) is 0 Å². The molecule has 1 aliphatic carbocycles. The molecule has 1 aromatic carbocycles. The van der Waals surface area contributed by atoms with E-state index >= 15 is 0 Å². The van der Waals surface area contributed by atoms with Gasteiger partial charge in [0.15, 0.2) is 0 Å². The molecule has 0 aliphatic heterocycles. The first-order valence-corrected chi connectivity index (χ1v) is 6.79. The lowest BCUT2D eigenvalue weighted by Gasteiger charge is -2.18. The quantitative estimate of drug-likeness (QED) is 0.764. The lowest BCUT2D eigenvalue weighted by atomic mass is 10.1. The van der Waals surface area contributed by atoms with Crippen LogP contribution in [-0.2, 0) is 16.0 Å². The second-order valence-electron chi connectivity index (χ2n) is 4.79. The molecular formula is C15H21NO3. The standard InChI is InChI=1S/C15H21NO3/c1-3-11-6-4-5-7-14(11)19-10-13(15(17)18-2)16-12-8-9-12/h4-7,12-13,16H,3,8-10H2,1-2H3. The maximum absolute atomic E-state index is 11.7. The normalized spacial score (nSPS) is 15.9. The van der Waals surface area contributed by atoms with Gasteiger partial charge in [-0.15, -0.1) is 0 Å². The Morgan fingerprint density at radius 2 is 2.16 bits per heavy atom. The van der Waals surface area contributed by atoms with Gasteiger partial charge in [-0.05, 0) is 30.9 Å². The van der Waals surface area contributed by atoms with Crippen molar-refractivity contribution in [2.75, 3.05) is 13.7 Å². The Morgan fingerprint density at radius 1 is 1.42 bits per heavy atom. The molecule has 0 saturated heterocycles. The van der Waals surface area contributed by atoms with Crippen molar-refractivity contribution in [2.45, 2.75) is 38.3 Å². The van der Waals surface area contributed by atoms with Gasteiger partial charge in [0.25, 0.3) is 0 Å². The van der Waals surface area contributed by atoms with E-state index in [1.807, 2.05) is 24.3 Å². The van der Waals surface area contributed by atoms with Crippen molar-refractivity contribution < 1.29 is 14.3 Å². The Bertz CT molecular complexity index is 429. The summed E-state index contributed by atoms with van der Waals surface area (Å²) < 4.78 is 10.6. The first-order valence-electron chi connectivity index (χ1n) is 6.79. The second-order valence-corrected chi connectivity index (χ2v) is 4.79. The van der Waals surface area contributed by atoms with Crippen molar-refractivity contribution in [1.82, 2.24) is 5.32 Å². The maximum atomic E-state index is 11.7. The third-order valence-electron chi connectivity index (χ3n) is 3.26. The van der Waals surface area contributed by atoms with Gasteiger partial charge in [0.2, 0.25) is 0 Å². The van der Waals surface area contributed by atoms with E-state index in [0.29, 0.717) is 12.6 Å². The Hall–Kier alpha value is -1.55. The van der Waals surface area contributed by atoms with Gasteiger partial charge in [-0.1, -0.05) is 25.1 Å². The van der Waals surface area contributed by atoms with Crippen LogP contribution in [0.4, 0.5) is 0 Å². The van der Waals surface area contributed by atoms with Crippen LogP contribution < -0.4 is 10.1 Å². The minimum Gasteiger partial charge on any atom is -0.491 e. The number of carbonyl (C=O) groups is 1. The van der Waals surface area contributed by atoms with Crippen molar-refractivity contribution in [3.05, 3.63) is 29.8 Å². The molecular weight excluding hydrogens is 242 g/mol. The summed E-state index contributed by atoms with van der Waals surface area (Å²) in [7, 11) is 1.41. The van der Waals surface area contributed by atoms with E-state index in [4.69, 9.17) is 9.47 Å². The summed E-state index contributed by atoms with van der Waals surface area (Å²) in [5.74, 6) is 0.581. The molecule has 1 fully saturated rings. The number of carbonyl (C=O) groups excluding carboxylic acids is 1. The fourth-order valence-electron chi connectivity index (χ4n) is 1.97. The molecule has 0 bridgehead atoms. The van der Waals surface area contributed by atoms with E-state index in [0.717, 1.165) is 30.6 Å². The van der Waals surface area contributed by atoms with E-state index in [9.17, 15) is 4.79 Å². The van der Waals surface area contributed by atoms with Gasteiger partial charge < -0.3 is 9.47 Å². The third kappa shape index (κ3) is 3.96. The fraction of sp³-hybridized carbons (Fsp3) is 0.533. The Morgan fingerprint density at radius 3 is 2.79 bits per heavy atom. The van der Waals surface area contributed by atoms with Crippen molar-refractivity contribution in [2.24, 2.45) is 0 Å². The van der Waals surface area contributed by atoms with Gasteiger partial charge in [0, 0.05) is 6.04 Å². The average Bonchev–Trinajstić information content (AvgIpc) is 3.26. The Labute approximate surface area is 114 Å². The number of nitrogens with one attached hydrogen (secondary N) is 1. The highest BCUT2D eigenvalue weighted by Gasteiger charge is 2.29. The number of esters is 1. The smallest absolute Gasteiger partial charge is 0.326 e. The van der Waals surface area contributed by atoms with Crippen molar-refractivity contribution >= 4 is 5.97 Å². The fourth-order valence-corrected chi connectivity index (χ4v) is 1.97. The average molecular weight is 263 g/mol. The van der Waals surface area contributed by atoms with Gasteiger partial charge in [0.1, 0.15) is 18.4 Å². The number of aryl methyl sites for hydroxylation is 1. The van der Waals surface area contributed by atoms with Crippen molar-refractivity contribution in [3.63, 3.8) is 0 Å². The zero-order valence-electron chi connectivity index (χ0n) is 11.5. The molecule has 1 unspecified atom stereocenters. The van der Waals surface area contributed by atoms with Gasteiger partial charge in [0.05, 0.1) is 7.11 Å². The van der Waals surface area contributed by atoms with Crippen LogP contribution in [0.5, 0.6) is 5.75 Å². The van der Waals surface area contributed by atoms with Crippen molar-refractivity contribution in [1.29, 1.82) is 0 Å². The van der Waals surface area contributed by atoms with Crippen LogP contribution in [-0.4, -0.2) is 31.8 Å². The summed E-state index contributed by atoms with van der Waals surface area (Å²) in [6.45, 7) is 2.39. The molecule has 1 aromatic rings. The van der Waals surface area contributed by atoms with E-state index in [2.05, 4.69) is 12.2 Å². The molecule has 104 valence electrons. The van der Waals surface area contributed by atoms with Crippen LogP contribution in [0.2, 0.25) is 0 Å². The topological polar surface area (TPSA) is 47.6 Å². The largest absolute Gasteiger partial charge is 0.491 e. The minimum atomic E-state index is -0.387. The number of methoxy groups -OCH3 is 1. The molecule has 0 heterocycles. The number of hydrogen-bond donors (Lipinski definition) is 1. The van der Waals surface area contributed by atoms with E-state index < -0.39 is 0 Å². The highest BCUT2D eigenvalue weighted by atomic mass is 16.5. The van der Waals surface area contributed by atoms with Crippen LogP contribution >= 0.6 is 0 Å². The molecule has 1 atom stereocenters. The summed E-state index contributed by atoms with van der Waals surface area (Å²) in [5.41, 5.74) is 1.15. The molecule has 0 radical (unpaired) electrons. The highest BCUT2D eigenvalue weighted by molar-refractivity contribution is 5.76. The van der Waals surface area contributed by atoms with Gasteiger partial charge >= 0.3 is 5.97 Å². The predicted octanol–water partition coefficient (Wildman–Crippen LogP) is 1.92. The third-order valence-corrected chi connectivity index (χ3v) is 3.26. The molecule has 2 rings (SSSR count). The minimum absolute atomic E-state index is 0.263. The predicted molar refractivity (Wildman–Crippen MR) is 73.3 cm³/mol. The maximum Gasteiger partial charge on any atom is 0.326 e. The molecule has 4 nitrogen and oxygen atoms in total. The van der Waals surface area contributed by atoms with Gasteiger partial charge in [-0.25, -0.2) is 0 Å². The van der Waals surface area contributed by atoms with E-state index in [1.165, 1.54) is 7.11 Å². The lowest BCUT2D eigenvalue weighted by Crippen LogP contribution is -2.43. The molecule has 0 spiro atoms. The monoisotopic (exact) mass is 263 g/mol. The number of hydrogen-bond acceptors (Lipinski definition) is 4. The summed E-state index contributed by atoms with van der Waals surface area (Å²) in [5, 5.41) is 3.25. The van der Waals surface area contributed by atoms with Crippen LogP contribution in [0.15, 0.2) is 24.3 Å². The highest BCUT2D eigenvalue weighted by Crippen LogP contribution is 2.21. The van der Waals surface area contributed by atoms with Crippen LogP contribution in [0, 0.1) is 0 Å². The SMILES string of the molecule is CCc1ccccc1OCC(NC1CC1)C(=O)OC. The van der Waals surface area contributed by atoms with E-state index in [-0.39, 0.29) is 12.0 Å². The van der Waals surface area contributed by atoms with Gasteiger partial charge in [-0.3, -0.25) is 10.1 Å². The molecule has 1 N–H and O–H groups in total. The first kappa shape index (κ1) is 13.9.